The lowest BCUT2D eigenvalue weighted by molar-refractivity contribution is -0.946. The molecule has 3 unspecified atom stereocenters. The number of nitrogens with one attached hydrogen (secondary N) is 1. The van der Waals surface area contributed by atoms with Crippen LogP contribution in [-0.2, 0) is 25.5 Å². The predicted octanol–water partition coefficient (Wildman–Crippen LogP) is 6.38. The van der Waals surface area contributed by atoms with Crippen LogP contribution < -0.4 is 5.32 Å². The van der Waals surface area contributed by atoms with Crippen LogP contribution in [0.1, 0.15) is 50.2 Å². The lowest BCUT2D eigenvalue weighted by atomic mass is 9.46. The number of likely N-dealkylation sites (N-methyl/N-ethyl adjacent to an activating group) is 1. The molecule has 2 saturated carbocycles. The third-order valence-corrected chi connectivity index (χ3v) is 11.6. The largest absolute Gasteiger partial charge is 0.506 e. The molecule has 1 spiro atoms. The molecule has 4 fully saturated rings. The number of halogens is 3. The van der Waals surface area contributed by atoms with Crippen molar-refractivity contribution in [1.82, 2.24) is 5.32 Å². The number of ether oxygens (including phenoxy) is 2. The molecule has 2 N–H and O–H groups in total. The van der Waals surface area contributed by atoms with E-state index in [4.69, 9.17) is 9.47 Å². The first kappa shape index (κ1) is 31.7. The summed E-state index contributed by atoms with van der Waals surface area (Å²) in [4.78, 5) is 26.3. The van der Waals surface area contributed by atoms with Gasteiger partial charge in [-0.3, -0.25) is 9.59 Å². The third-order valence-electron chi connectivity index (χ3n) is 11.6. The van der Waals surface area contributed by atoms with Gasteiger partial charge in [-0.05, 0) is 24.5 Å². The Labute approximate surface area is 272 Å². The average Bonchev–Trinajstić information content (AvgIpc) is 3.33. The second-order valence-corrected chi connectivity index (χ2v) is 14.0. The number of piperidine rings is 1. The number of hydrogen-bond acceptors (Lipinski definition) is 5. The fourth-order valence-electron chi connectivity index (χ4n) is 9.71. The van der Waals surface area contributed by atoms with Crippen molar-refractivity contribution in [3.05, 3.63) is 101 Å². The fourth-order valence-corrected chi connectivity index (χ4v) is 9.71. The van der Waals surface area contributed by atoms with Crippen LogP contribution in [0.3, 0.4) is 0 Å². The number of nitrogens with zero attached hydrogens (tertiary/aromatic N) is 1. The zero-order chi connectivity index (χ0) is 33.2. The van der Waals surface area contributed by atoms with Gasteiger partial charge in [0.05, 0.1) is 32.3 Å². The van der Waals surface area contributed by atoms with Gasteiger partial charge >= 0.3 is 12.1 Å². The molecule has 7 atom stereocenters. The van der Waals surface area contributed by atoms with E-state index < -0.39 is 46.4 Å². The number of esters is 1. The molecule has 2 aromatic carbocycles. The molecule has 5 aliphatic rings. The van der Waals surface area contributed by atoms with E-state index in [1.54, 1.807) is 12.1 Å². The number of rotatable bonds is 7. The van der Waals surface area contributed by atoms with Crippen LogP contribution in [-0.4, -0.2) is 65.7 Å². The Bertz CT molecular complexity index is 1670. The summed E-state index contributed by atoms with van der Waals surface area (Å²) in [6.45, 7) is 3.03. The summed E-state index contributed by atoms with van der Waals surface area (Å²) in [6, 6.07) is 17.9. The summed E-state index contributed by atoms with van der Waals surface area (Å²) >= 11 is 0. The van der Waals surface area contributed by atoms with Crippen molar-refractivity contribution >= 4 is 17.6 Å². The highest BCUT2D eigenvalue weighted by molar-refractivity contribution is 6.01. The van der Waals surface area contributed by atoms with Gasteiger partial charge in [0.25, 0.3) is 5.91 Å². The van der Waals surface area contributed by atoms with E-state index in [1.165, 1.54) is 36.8 Å². The Kier molecular flexibility index (Phi) is 7.67. The van der Waals surface area contributed by atoms with Gasteiger partial charge < -0.3 is 24.4 Å². The van der Waals surface area contributed by atoms with Crippen molar-refractivity contribution in [2.75, 3.05) is 20.1 Å². The van der Waals surface area contributed by atoms with E-state index in [9.17, 15) is 27.9 Å². The highest BCUT2D eigenvalue weighted by atomic mass is 19.4. The number of likely N-dealkylation sites (tertiary alicyclic amines) is 1. The minimum atomic E-state index is -5.19. The topological polar surface area (TPSA) is 84.9 Å². The molecule has 2 aromatic rings. The highest BCUT2D eigenvalue weighted by Crippen LogP contribution is 2.70. The maximum Gasteiger partial charge on any atom is 0.425 e. The fraction of sp³-hybridized carbons (Fsp3) is 0.459. The molecule has 7 rings (SSSR count). The van der Waals surface area contributed by atoms with E-state index in [0.29, 0.717) is 12.8 Å². The van der Waals surface area contributed by atoms with Crippen molar-refractivity contribution in [2.24, 2.45) is 17.3 Å². The SMILES string of the molecule is CC(=O)OC1=CC=C2C[C@@H]3[C@@H]4CCC[C@@H]5OC1(NC(=O)C(=C(O)c1ccccc1)C(F)(F)F)C2[C@@]54CC[N+]3(C)CCc1ccccc1. The van der Waals surface area contributed by atoms with E-state index in [-0.39, 0.29) is 29.4 Å². The average molecular weight is 650 g/mol. The molecule has 2 heterocycles. The first-order valence-electron chi connectivity index (χ1n) is 16.4. The molecule has 2 saturated heterocycles. The Morgan fingerprint density at radius 1 is 1.06 bits per heavy atom. The summed E-state index contributed by atoms with van der Waals surface area (Å²) < 4.78 is 57.2. The third kappa shape index (κ3) is 5.03. The molecule has 1 amide bonds. The van der Waals surface area contributed by atoms with Crippen molar-refractivity contribution in [3.8, 4) is 0 Å². The van der Waals surface area contributed by atoms with Crippen LogP contribution in [0.2, 0.25) is 0 Å². The van der Waals surface area contributed by atoms with E-state index in [1.807, 2.05) is 12.1 Å². The van der Waals surface area contributed by atoms with Gasteiger partial charge in [-0.15, -0.1) is 0 Å². The van der Waals surface area contributed by atoms with Gasteiger partial charge in [0, 0.05) is 49.0 Å². The van der Waals surface area contributed by atoms with Crippen LogP contribution >= 0.6 is 0 Å². The maximum absolute atomic E-state index is 14.6. The molecule has 0 radical (unpaired) electrons. The first-order chi connectivity index (χ1) is 22.4. The molecular weight excluding hydrogens is 609 g/mol. The van der Waals surface area contributed by atoms with Gasteiger partial charge in [0.15, 0.2) is 11.3 Å². The number of aliphatic hydroxyl groups excluding tert-OH is 1. The summed E-state index contributed by atoms with van der Waals surface area (Å²) in [5.74, 6) is -3.75. The van der Waals surface area contributed by atoms with Crippen LogP contribution in [0.5, 0.6) is 0 Å². The lowest BCUT2D eigenvalue weighted by Crippen LogP contribution is -2.72. The van der Waals surface area contributed by atoms with Crippen LogP contribution in [0.25, 0.3) is 5.76 Å². The first-order valence-corrected chi connectivity index (χ1v) is 16.4. The van der Waals surface area contributed by atoms with E-state index in [2.05, 4.69) is 36.6 Å². The predicted molar refractivity (Wildman–Crippen MR) is 168 cm³/mol. The van der Waals surface area contributed by atoms with Gasteiger partial charge in [-0.25, -0.2) is 0 Å². The number of benzene rings is 2. The summed E-state index contributed by atoms with van der Waals surface area (Å²) in [7, 11) is 2.32. The monoisotopic (exact) mass is 649 g/mol. The molecule has 10 heteroatoms. The Balaban J connectivity index is 1.30. The zero-order valence-corrected chi connectivity index (χ0v) is 26.6. The number of amides is 1. The number of carbonyl (C=O) groups is 2. The Morgan fingerprint density at radius 3 is 2.45 bits per heavy atom. The Hall–Kier alpha value is -3.89. The van der Waals surface area contributed by atoms with E-state index >= 15 is 0 Å². The smallest absolute Gasteiger partial charge is 0.425 e. The van der Waals surface area contributed by atoms with Crippen molar-refractivity contribution in [3.63, 3.8) is 0 Å². The van der Waals surface area contributed by atoms with Crippen LogP contribution in [0.15, 0.2) is 89.7 Å². The highest BCUT2D eigenvalue weighted by Gasteiger charge is 2.76. The van der Waals surface area contributed by atoms with Crippen molar-refractivity contribution in [2.45, 2.75) is 69.5 Å². The normalized spacial score (nSPS) is 34.3. The number of quaternary nitrogens is 1. The number of aliphatic hydroxyl groups is 1. The van der Waals surface area contributed by atoms with Crippen LogP contribution in [0, 0.1) is 17.3 Å². The lowest BCUT2D eigenvalue weighted by Gasteiger charge is -2.64. The molecule has 2 bridgehead atoms. The Morgan fingerprint density at radius 2 is 1.77 bits per heavy atom. The molecule has 248 valence electrons. The maximum atomic E-state index is 14.6. The molecule has 3 aliphatic carbocycles. The van der Waals surface area contributed by atoms with E-state index in [0.717, 1.165) is 48.8 Å². The minimum Gasteiger partial charge on any atom is -0.506 e. The number of allylic oxidation sites excluding steroid dienone is 2. The number of hydrogen-bond donors (Lipinski definition) is 2. The minimum absolute atomic E-state index is 0.0271. The quantitative estimate of drug-likeness (QED) is 0.157. The summed E-state index contributed by atoms with van der Waals surface area (Å²) in [5.41, 5.74) is -1.91. The van der Waals surface area contributed by atoms with Gasteiger partial charge in [0.1, 0.15) is 5.76 Å². The number of carbonyl (C=O) groups excluding carboxylic acids is 2. The molecular formula is C37H40F3N2O5+. The second kappa shape index (κ2) is 11.4. The summed E-state index contributed by atoms with van der Waals surface area (Å²) in [5, 5.41) is 13.5. The zero-order valence-electron chi connectivity index (χ0n) is 26.6. The van der Waals surface area contributed by atoms with Gasteiger partial charge in [-0.1, -0.05) is 78.7 Å². The number of alkyl halides is 3. The van der Waals surface area contributed by atoms with Gasteiger partial charge in [-0.2, -0.15) is 13.2 Å². The van der Waals surface area contributed by atoms with Crippen molar-refractivity contribution in [1.29, 1.82) is 0 Å². The second-order valence-electron chi connectivity index (χ2n) is 14.0. The van der Waals surface area contributed by atoms with Crippen LogP contribution in [0.4, 0.5) is 13.2 Å². The van der Waals surface area contributed by atoms with Gasteiger partial charge in [0.2, 0.25) is 5.72 Å². The standard InChI is InChI=1S/C37H39F3N2O5/c1-23(43)46-30-17-16-26-22-28-27-14-9-15-29-35(27,19-21-42(28,2)20-18-24-10-5-3-6-11-24)33(26)36(30,47-29)41-34(45)31(37(38,39)40)32(44)25-12-7-4-8-13-25/h3-8,10-13,16-17,27-29,33H,9,14-15,18-22H2,1-2H3,(H-,41,44,45)/p+1/t27-,28+,29-,33?,35+,36?,42?/m0/s1. The summed E-state index contributed by atoms with van der Waals surface area (Å²) in [6.07, 6.45) is 2.85. The molecule has 47 heavy (non-hydrogen) atoms. The molecule has 7 nitrogen and oxygen atoms in total. The molecule has 0 aromatic heterocycles. The van der Waals surface area contributed by atoms with Crippen molar-refractivity contribution < 1.29 is 41.8 Å². The molecule has 2 aliphatic heterocycles.